The van der Waals surface area contributed by atoms with Gasteiger partial charge in [0.1, 0.15) is 0 Å². The second-order valence-corrected chi connectivity index (χ2v) is 6.60. The van der Waals surface area contributed by atoms with Crippen molar-refractivity contribution in [1.29, 1.82) is 0 Å². The number of hydrogen-bond donors (Lipinski definition) is 0. The Morgan fingerprint density at radius 3 is 2.12 bits per heavy atom. The fourth-order valence-corrected chi connectivity index (χ4v) is 3.28. The Morgan fingerprint density at radius 2 is 1.56 bits per heavy atom. The van der Waals surface area contributed by atoms with Crippen molar-refractivity contribution >= 4 is 28.2 Å². The molecular weight excluding hydrogens is 232 g/mol. The van der Waals surface area contributed by atoms with Gasteiger partial charge in [-0.3, -0.25) is 0 Å². The smallest absolute Gasteiger partial charge is 0.0478 e. The lowest BCUT2D eigenvalue weighted by atomic mass is 10.1. The van der Waals surface area contributed by atoms with Crippen LogP contribution >= 0.6 is 24.0 Å². The molecule has 2 heteroatoms. The van der Waals surface area contributed by atoms with E-state index in [1.54, 1.807) is 0 Å². The average molecular weight is 261 g/mol. The zero-order chi connectivity index (χ0) is 12.2. The molecular formula is C14H28S2. The first-order chi connectivity index (χ1) is 7.74. The fourth-order valence-electron chi connectivity index (χ4n) is 1.76. The largest absolute Gasteiger partial charge is 0.116 e. The third-order valence-corrected chi connectivity index (χ3v) is 4.78. The standard InChI is InChI=1S/C14H28S2/c1-4-7-9-10-12-13(11-8-5-2)16-14(15)6-3/h13H,4-12H2,1-3H3. The summed E-state index contributed by atoms with van der Waals surface area (Å²) in [6.45, 7) is 6.72. The van der Waals surface area contributed by atoms with Gasteiger partial charge >= 0.3 is 0 Å². The SMILES string of the molecule is CCCCCCC(CCCC)SC(=S)CC. The summed E-state index contributed by atoms with van der Waals surface area (Å²) in [5, 5.41) is 0.796. The van der Waals surface area contributed by atoms with Gasteiger partial charge in [0.15, 0.2) is 0 Å². The first kappa shape index (κ1) is 16.4. The zero-order valence-corrected chi connectivity index (χ0v) is 12.9. The molecule has 0 N–H and O–H groups in total. The highest BCUT2D eigenvalue weighted by atomic mass is 32.2. The van der Waals surface area contributed by atoms with E-state index in [0.29, 0.717) is 0 Å². The van der Waals surface area contributed by atoms with Crippen LogP contribution in [0.15, 0.2) is 0 Å². The molecule has 0 aromatic carbocycles. The van der Waals surface area contributed by atoms with E-state index in [2.05, 4.69) is 20.8 Å². The van der Waals surface area contributed by atoms with Crippen LogP contribution in [0.2, 0.25) is 0 Å². The van der Waals surface area contributed by atoms with Crippen LogP contribution in [0.3, 0.4) is 0 Å². The summed E-state index contributed by atoms with van der Waals surface area (Å²) in [6, 6.07) is 0. The predicted molar refractivity (Wildman–Crippen MR) is 82.6 cm³/mol. The summed E-state index contributed by atoms with van der Waals surface area (Å²) >= 11 is 7.32. The maximum atomic E-state index is 5.35. The van der Waals surface area contributed by atoms with Gasteiger partial charge in [0.05, 0.1) is 0 Å². The highest BCUT2D eigenvalue weighted by Gasteiger charge is 2.10. The van der Waals surface area contributed by atoms with Crippen molar-refractivity contribution in [2.75, 3.05) is 0 Å². The van der Waals surface area contributed by atoms with Crippen LogP contribution < -0.4 is 0 Å². The number of rotatable bonds is 10. The minimum Gasteiger partial charge on any atom is -0.116 e. The van der Waals surface area contributed by atoms with Gasteiger partial charge in [0.25, 0.3) is 0 Å². The Morgan fingerprint density at radius 1 is 0.938 bits per heavy atom. The highest BCUT2D eigenvalue weighted by Crippen LogP contribution is 2.25. The molecule has 0 aromatic heterocycles. The second-order valence-electron chi connectivity index (χ2n) is 4.46. The summed E-state index contributed by atoms with van der Waals surface area (Å²) in [6.07, 6.45) is 12.0. The van der Waals surface area contributed by atoms with Crippen molar-refractivity contribution in [3.63, 3.8) is 0 Å². The van der Waals surface area contributed by atoms with Crippen LogP contribution in [-0.2, 0) is 0 Å². The van der Waals surface area contributed by atoms with Crippen LogP contribution in [-0.4, -0.2) is 9.45 Å². The van der Waals surface area contributed by atoms with Crippen molar-refractivity contribution in [2.24, 2.45) is 0 Å². The molecule has 0 heterocycles. The molecule has 0 radical (unpaired) electrons. The van der Waals surface area contributed by atoms with Crippen LogP contribution in [0.5, 0.6) is 0 Å². The molecule has 0 fully saturated rings. The lowest BCUT2D eigenvalue weighted by Crippen LogP contribution is -2.05. The second kappa shape index (κ2) is 11.9. The third kappa shape index (κ3) is 9.65. The normalized spacial score (nSPS) is 12.7. The maximum absolute atomic E-state index is 5.35. The van der Waals surface area contributed by atoms with E-state index >= 15 is 0 Å². The summed E-state index contributed by atoms with van der Waals surface area (Å²) in [4.78, 5) is 0. The summed E-state index contributed by atoms with van der Waals surface area (Å²) < 4.78 is 1.21. The van der Waals surface area contributed by atoms with Crippen LogP contribution in [0.1, 0.15) is 78.6 Å². The summed E-state index contributed by atoms with van der Waals surface area (Å²) in [5.41, 5.74) is 0. The molecule has 0 aliphatic heterocycles. The molecule has 0 bridgehead atoms. The molecule has 1 unspecified atom stereocenters. The Balaban J connectivity index is 3.75. The molecule has 16 heavy (non-hydrogen) atoms. The van der Waals surface area contributed by atoms with Gasteiger partial charge in [-0.1, -0.05) is 71.5 Å². The van der Waals surface area contributed by atoms with E-state index in [9.17, 15) is 0 Å². The van der Waals surface area contributed by atoms with Gasteiger partial charge in [-0.05, 0) is 19.3 Å². The average Bonchev–Trinajstić information content (AvgIpc) is 2.30. The lowest BCUT2D eigenvalue weighted by molar-refractivity contribution is 0.584. The van der Waals surface area contributed by atoms with E-state index < -0.39 is 0 Å². The molecule has 1 atom stereocenters. The van der Waals surface area contributed by atoms with Gasteiger partial charge in [-0.2, -0.15) is 0 Å². The molecule has 0 aliphatic carbocycles. The van der Waals surface area contributed by atoms with Gasteiger partial charge < -0.3 is 0 Å². The van der Waals surface area contributed by atoms with Crippen molar-refractivity contribution < 1.29 is 0 Å². The quantitative estimate of drug-likeness (QED) is 0.350. The topological polar surface area (TPSA) is 0 Å². The molecule has 0 aliphatic rings. The number of hydrogen-bond acceptors (Lipinski definition) is 2. The molecule has 0 saturated carbocycles. The number of thioether (sulfide) groups is 1. The minimum absolute atomic E-state index is 0.796. The van der Waals surface area contributed by atoms with Crippen molar-refractivity contribution in [2.45, 2.75) is 83.8 Å². The van der Waals surface area contributed by atoms with Gasteiger partial charge in [-0.25, -0.2) is 0 Å². The van der Waals surface area contributed by atoms with E-state index in [4.69, 9.17) is 12.2 Å². The Bertz CT molecular complexity index is 166. The molecule has 0 spiro atoms. The summed E-state index contributed by atoms with van der Waals surface area (Å²) in [5.74, 6) is 0. The summed E-state index contributed by atoms with van der Waals surface area (Å²) in [7, 11) is 0. The fraction of sp³-hybridized carbons (Fsp3) is 0.929. The molecule has 0 saturated heterocycles. The van der Waals surface area contributed by atoms with Gasteiger partial charge in [-0.15, -0.1) is 11.8 Å². The Labute approximate surface area is 112 Å². The molecule has 0 amide bonds. The van der Waals surface area contributed by atoms with E-state index in [1.807, 2.05) is 11.8 Å². The van der Waals surface area contributed by atoms with Crippen molar-refractivity contribution in [3.8, 4) is 0 Å². The Hall–Kier alpha value is 0.440. The van der Waals surface area contributed by atoms with E-state index in [-0.39, 0.29) is 0 Å². The molecule has 96 valence electrons. The molecule has 0 rings (SSSR count). The van der Waals surface area contributed by atoms with Crippen molar-refractivity contribution in [3.05, 3.63) is 0 Å². The number of thiocarbonyl (C=S) groups is 1. The predicted octanol–water partition coefficient (Wildman–Crippen LogP) is 5.99. The van der Waals surface area contributed by atoms with Crippen LogP contribution in [0.25, 0.3) is 0 Å². The monoisotopic (exact) mass is 260 g/mol. The minimum atomic E-state index is 0.796. The zero-order valence-electron chi connectivity index (χ0n) is 11.3. The lowest BCUT2D eigenvalue weighted by Gasteiger charge is -2.16. The van der Waals surface area contributed by atoms with Gasteiger partial charge in [0.2, 0.25) is 0 Å². The van der Waals surface area contributed by atoms with E-state index in [1.165, 1.54) is 55.6 Å². The first-order valence-corrected chi connectivity index (χ1v) is 8.22. The van der Waals surface area contributed by atoms with E-state index in [0.717, 1.165) is 11.7 Å². The van der Waals surface area contributed by atoms with Gasteiger partial charge in [0, 0.05) is 9.45 Å². The Kier molecular flexibility index (Phi) is 12.2. The van der Waals surface area contributed by atoms with Crippen LogP contribution in [0.4, 0.5) is 0 Å². The number of unbranched alkanes of at least 4 members (excludes halogenated alkanes) is 4. The third-order valence-electron chi connectivity index (χ3n) is 2.85. The van der Waals surface area contributed by atoms with Crippen LogP contribution in [0, 0.1) is 0 Å². The molecule has 0 aromatic rings. The first-order valence-electron chi connectivity index (χ1n) is 6.94. The van der Waals surface area contributed by atoms with Crippen molar-refractivity contribution in [1.82, 2.24) is 0 Å². The maximum Gasteiger partial charge on any atom is 0.0478 e. The molecule has 0 nitrogen and oxygen atoms in total. The highest BCUT2D eigenvalue weighted by molar-refractivity contribution is 8.23.